The zero-order valence-corrected chi connectivity index (χ0v) is 20.1. The van der Waals surface area contributed by atoms with Gasteiger partial charge in [-0.1, -0.05) is 42.4 Å². The summed E-state index contributed by atoms with van der Waals surface area (Å²) < 4.78 is 5.18. The molecule has 31 heavy (non-hydrogen) atoms. The van der Waals surface area contributed by atoms with Gasteiger partial charge in [0, 0.05) is 11.2 Å². The van der Waals surface area contributed by atoms with Crippen molar-refractivity contribution in [2.24, 2.45) is 4.99 Å². The fourth-order valence-corrected chi connectivity index (χ4v) is 4.83. The highest BCUT2D eigenvalue weighted by molar-refractivity contribution is 8.16. The predicted octanol–water partition coefficient (Wildman–Crippen LogP) is 4.75. The molecule has 1 N–H and O–H groups in total. The quantitative estimate of drug-likeness (QED) is 0.668. The molecule has 1 atom stereocenters. The fraction of sp³-hybridized carbons (Fsp3) is 0.458. The van der Waals surface area contributed by atoms with Gasteiger partial charge in [-0.05, 0) is 57.6 Å². The van der Waals surface area contributed by atoms with Gasteiger partial charge in [-0.15, -0.1) is 0 Å². The lowest BCUT2D eigenvalue weighted by Gasteiger charge is -2.37. The first-order valence-electron chi connectivity index (χ1n) is 10.5. The number of fused-ring (bicyclic) bond motifs is 1. The van der Waals surface area contributed by atoms with Crippen molar-refractivity contribution in [3.63, 3.8) is 0 Å². The zero-order chi connectivity index (χ0) is 22.9. The molecular weight excluding hydrogens is 410 g/mol. The minimum Gasteiger partial charge on any atom is -0.466 e. The molecule has 0 aliphatic carbocycles. The van der Waals surface area contributed by atoms with E-state index in [1.807, 2.05) is 51.9 Å². The fourth-order valence-electron chi connectivity index (χ4n) is 3.89. The molecule has 6 nitrogen and oxygen atoms in total. The van der Waals surface area contributed by atoms with Crippen molar-refractivity contribution in [1.29, 1.82) is 0 Å². The summed E-state index contributed by atoms with van der Waals surface area (Å²) >= 11 is 1.49. The number of nitrogens with zero attached hydrogens (tertiary/aromatic N) is 2. The second-order valence-electron chi connectivity index (χ2n) is 8.93. The molecule has 3 rings (SSSR count). The summed E-state index contributed by atoms with van der Waals surface area (Å²) in [5.41, 5.74) is 4.97. The van der Waals surface area contributed by atoms with Gasteiger partial charge in [0.25, 0.3) is 0 Å². The van der Waals surface area contributed by atoms with Crippen molar-refractivity contribution in [1.82, 2.24) is 10.2 Å². The van der Waals surface area contributed by atoms with Gasteiger partial charge in [0.2, 0.25) is 5.91 Å². The molecule has 1 aromatic carbocycles. The maximum Gasteiger partial charge on any atom is 0.338 e. The number of aliphatic imine (C=N–C) groups is 1. The highest BCUT2D eigenvalue weighted by Crippen LogP contribution is 2.46. The van der Waals surface area contributed by atoms with E-state index in [0.717, 1.165) is 33.3 Å². The van der Waals surface area contributed by atoms with E-state index >= 15 is 0 Å². The van der Waals surface area contributed by atoms with Crippen LogP contribution in [0.3, 0.4) is 0 Å². The minimum absolute atomic E-state index is 0.0646. The molecule has 0 bridgehead atoms. The number of methoxy groups -OCH3 is 1. The third-order valence-electron chi connectivity index (χ3n) is 5.21. The van der Waals surface area contributed by atoms with Gasteiger partial charge in [-0.3, -0.25) is 4.79 Å². The first-order chi connectivity index (χ1) is 14.6. The second kappa shape index (κ2) is 8.91. The van der Waals surface area contributed by atoms with Crippen LogP contribution in [0, 0.1) is 13.8 Å². The summed E-state index contributed by atoms with van der Waals surface area (Å²) in [5, 5.41) is 5.77. The molecule has 2 aliphatic rings. The molecule has 2 aliphatic heterocycles. The van der Waals surface area contributed by atoms with Crippen LogP contribution in [0.1, 0.15) is 63.3 Å². The average molecular weight is 442 g/mol. The molecule has 0 saturated heterocycles. The Labute approximate surface area is 188 Å². The number of ether oxygens (including phenoxy) is 1. The summed E-state index contributed by atoms with van der Waals surface area (Å²) in [6, 6.07) is 5.84. The Hall–Kier alpha value is -2.54. The van der Waals surface area contributed by atoms with Gasteiger partial charge in [0.1, 0.15) is 0 Å². The minimum atomic E-state index is -0.390. The lowest BCUT2D eigenvalue weighted by Crippen LogP contribution is -2.42. The van der Waals surface area contributed by atoms with Crippen LogP contribution in [0.4, 0.5) is 0 Å². The van der Waals surface area contributed by atoms with Crippen molar-refractivity contribution in [2.75, 3.05) is 7.11 Å². The average Bonchev–Trinajstić information content (AvgIpc) is 3.08. The number of allylic oxidation sites excluding steroid dienone is 1. The Morgan fingerprint density at radius 1 is 1.26 bits per heavy atom. The molecule has 1 aromatic rings. The molecule has 2 heterocycles. The van der Waals surface area contributed by atoms with Gasteiger partial charge in [0.15, 0.2) is 5.17 Å². The van der Waals surface area contributed by atoms with Crippen LogP contribution < -0.4 is 5.32 Å². The molecule has 0 radical (unpaired) electrons. The highest BCUT2D eigenvalue weighted by Gasteiger charge is 2.42. The molecule has 0 fully saturated rings. The van der Waals surface area contributed by atoms with E-state index in [0.29, 0.717) is 12.0 Å². The third-order valence-corrected chi connectivity index (χ3v) is 6.10. The lowest BCUT2D eigenvalue weighted by atomic mass is 9.89. The number of hydrogen-bond acceptors (Lipinski definition) is 6. The normalized spacial score (nSPS) is 18.4. The number of amidine groups is 1. The maximum absolute atomic E-state index is 12.9. The van der Waals surface area contributed by atoms with E-state index in [9.17, 15) is 9.59 Å². The van der Waals surface area contributed by atoms with Crippen molar-refractivity contribution in [2.45, 2.75) is 66.0 Å². The summed E-state index contributed by atoms with van der Waals surface area (Å²) in [5.74, 6) is -0.453. The molecule has 1 amide bonds. The van der Waals surface area contributed by atoms with E-state index in [1.165, 1.54) is 18.9 Å². The van der Waals surface area contributed by atoms with Gasteiger partial charge in [-0.2, -0.15) is 0 Å². The number of amides is 1. The van der Waals surface area contributed by atoms with Crippen LogP contribution in [0.2, 0.25) is 0 Å². The van der Waals surface area contributed by atoms with Gasteiger partial charge in [-0.25, -0.2) is 9.79 Å². The number of rotatable bonds is 5. The second-order valence-corrected chi connectivity index (χ2v) is 9.77. The van der Waals surface area contributed by atoms with E-state index in [4.69, 9.17) is 9.73 Å². The number of esters is 1. The molecule has 1 unspecified atom stereocenters. The van der Waals surface area contributed by atoms with E-state index in [2.05, 4.69) is 23.5 Å². The van der Waals surface area contributed by atoms with Crippen LogP contribution >= 0.6 is 11.8 Å². The van der Waals surface area contributed by atoms with Crippen molar-refractivity contribution in [3.05, 3.63) is 57.3 Å². The number of carbonyl (C=O) groups excluding carboxylic acids is 2. The lowest BCUT2D eigenvalue weighted by molar-refractivity contribution is -0.136. The zero-order valence-electron chi connectivity index (χ0n) is 19.3. The van der Waals surface area contributed by atoms with Gasteiger partial charge >= 0.3 is 5.97 Å². The Kier molecular flexibility index (Phi) is 6.65. The smallest absolute Gasteiger partial charge is 0.338 e. The van der Waals surface area contributed by atoms with Crippen LogP contribution in [0.15, 0.2) is 45.6 Å². The van der Waals surface area contributed by atoms with E-state index in [1.54, 1.807) is 0 Å². The van der Waals surface area contributed by atoms with Crippen LogP contribution in [-0.4, -0.2) is 34.6 Å². The number of hydrogen-bond donors (Lipinski definition) is 1. The van der Waals surface area contributed by atoms with Gasteiger partial charge in [0.05, 0.1) is 30.8 Å². The first-order valence-corrected chi connectivity index (χ1v) is 11.4. The van der Waals surface area contributed by atoms with Crippen molar-refractivity contribution >= 4 is 28.8 Å². The third kappa shape index (κ3) is 4.87. The van der Waals surface area contributed by atoms with E-state index in [-0.39, 0.29) is 23.8 Å². The van der Waals surface area contributed by atoms with Crippen molar-refractivity contribution < 1.29 is 14.3 Å². The van der Waals surface area contributed by atoms with E-state index < -0.39 is 6.04 Å². The predicted molar refractivity (Wildman–Crippen MR) is 125 cm³/mol. The standard InChI is InChI=1S/C24H31N3O3S/c1-8-18-20(22(29)30-7)21(17-11-14(2)9-10-15(17)3)27-16(13-31-23(27)25-18)12-19(28)26-24(4,5)6/h9-11,13,21H,8,12H2,1-7H3,(H,26,28). The summed E-state index contributed by atoms with van der Waals surface area (Å²) in [4.78, 5) is 32.5. The number of aryl methyl sites for hydroxylation is 2. The Bertz CT molecular complexity index is 1000. The van der Waals surface area contributed by atoms with Gasteiger partial charge < -0.3 is 15.0 Å². The highest BCUT2D eigenvalue weighted by atomic mass is 32.2. The molecule has 7 heteroatoms. The topological polar surface area (TPSA) is 71.0 Å². The number of nitrogens with one attached hydrogen (secondary N) is 1. The van der Waals surface area contributed by atoms with Crippen LogP contribution in [-0.2, 0) is 14.3 Å². The van der Waals surface area contributed by atoms with Crippen LogP contribution in [0.5, 0.6) is 0 Å². The Morgan fingerprint density at radius 3 is 2.58 bits per heavy atom. The van der Waals surface area contributed by atoms with Crippen LogP contribution in [0.25, 0.3) is 0 Å². The maximum atomic E-state index is 12.9. The molecule has 0 saturated carbocycles. The molecule has 0 aromatic heterocycles. The Balaban J connectivity index is 2.11. The molecular formula is C24H31N3O3S. The SMILES string of the molecule is CCC1=C(C(=O)OC)C(c2cc(C)ccc2C)N2C(CC(=O)NC(C)(C)C)=CSC2=N1. The first kappa shape index (κ1) is 23.1. The number of carbonyl (C=O) groups is 2. The number of thioether (sulfide) groups is 1. The largest absolute Gasteiger partial charge is 0.466 e. The summed E-state index contributed by atoms with van der Waals surface area (Å²) in [6.45, 7) is 11.9. The molecule has 166 valence electrons. The molecule has 0 spiro atoms. The monoisotopic (exact) mass is 441 g/mol. The summed E-state index contributed by atoms with van der Waals surface area (Å²) in [6.07, 6.45) is 0.824. The summed E-state index contributed by atoms with van der Waals surface area (Å²) in [7, 11) is 1.40. The van der Waals surface area contributed by atoms with Crippen molar-refractivity contribution in [3.8, 4) is 0 Å². The number of benzene rings is 1. The Morgan fingerprint density at radius 2 is 1.97 bits per heavy atom.